The second-order valence-electron chi connectivity index (χ2n) is 4.81. The largest absolute Gasteiger partial charge is 0.496 e. The van der Waals surface area contributed by atoms with Gasteiger partial charge in [0.15, 0.2) is 4.67 Å². The van der Waals surface area contributed by atoms with Crippen LogP contribution in [-0.4, -0.2) is 13.7 Å². The Kier molecular flexibility index (Phi) is 6.33. The number of hydrogen-bond donors (Lipinski definition) is 1. The van der Waals surface area contributed by atoms with Crippen LogP contribution >= 0.6 is 31.9 Å². The topological polar surface area (TPSA) is 34.4 Å². The molecule has 114 valence electrons. The van der Waals surface area contributed by atoms with Crippen LogP contribution in [0, 0.1) is 0 Å². The van der Waals surface area contributed by atoms with Gasteiger partial charge in [-0.1, -0.05) is 22.9 Å². The lowest BCUT2D eigenvalue weighted by Crippen LogP contribution is -2.23. The first kappa shape index (κ1) is 16.6. The van der Waals surface area contributed by atoms with Crippen LogP contribution in [0.15, 0.2) is 43.9 Å². The molecule has 0 saturated carbocycles. The van der Waals surface area contributed by atoms with E-state index in [1.54, 1.807) is 7.11 Å². The Hall–Kier alpha value is -0.780. The van der Waals surface area contributed by atoms with Gasteiger partial charge in [-0.15, -0.1) is 0 Å². The zero-order chi connectivity index (χ0) is 15.2. The summed E-state index contributed by atoms with van der Waals surface area (Å²) in [5, 5.41) is 3.53. The van der Waals surface area contributed by atoms with Crippen molar-refractivity contribution < 1.29 is 9.15 Å². The van der Waals surface area contributed by atoms with E-state index in [4.69, 9.17) is 9.15 Å². The summed E-state index contributed by atoms with van der Waals surface area (Å²) < 4.78 is 13.0. The summed E-state index contributed by atoms with van der Waals surface area (Å²) in [6.07, 6.45) is 1.89. The van der Waals surface area contributed by atoms with Crippen molar-refractivity contribution in [1.29, 1.82) is 0 Å². The average molecular weight is 417 g/mol. The van der Waals surface area contributed by atoms with Gasteiger partial charge in [0.1, 0.15) is 11.5 Å². The predicted octanol–water partition coefficient (Wildman–Crippen LogP) is 5.10. The maximum absolute atomic E-state index is 5.72. The number of hydrogen-bond acceptors (Lipinski definition) is 3. The molecule has 0 bridgehead atoms. The van der Waals surface area contributed by atoms with Crippen LogP contribution in [0.4, 0.5) is 0 Å². The molecule has 0 amide bonds. The molecule has 0 aliphatic rings. The second kappa shape index (κ2) is 8.01. The molecule has 0 radical (unpaired) electrons. The van der Waals surface area contributed by atoms with E-state index in [2.05, 4.69) is 50.2 Å². The first-order valence-corrected chi connectivity index (χ1v) is 8.53. The van der Waals surface area contributed by atoms with Crippen LogP contribution < -0.4 is 10.1 Å². The van der Waals surface area contributed by atoms with Gasteiger partial charge in [-0.05, 0) is 71.2 Å². The van der Waals surface area contributed by atoms with Gasteiger partial charge in [0, 0.05) is 4.47 Å². The van der Waals surface area contributed by atoms with Crippen LogP contribution in [0.3, 0.4) is 0 Å². The molecule has 1 aromatic heterocycles. The summed E-state index contributed by atoms with van der Waals surface area (Å²) >= 11 is 6.89. The third-order valence-electron chi connectivity index (χ3n) is 3.24. The van der Waals surface area contributed by atoms with E-state index >= 15 is 0 Å². The highest BCUT2D eigenvalue weighted by Gasteiger charge is 2.17. The van der Waals surface area contributed by atoms with Crippen LogP contribution in [-0.2, 0) is 6.42 Å². The van der Waals surface area contributed by atoms with E-state index in [1.165, 1.54) is 0 Å². The minimum atomic E-state index is 0.124. The minimum Gasteiger partial charge on any atom is -0.496 e. The number of rotatable bonds is 7. The number of benzene rings is 1. The predicted molar refractivity (Wildman–Crippen MR) is 91.8 cm³/mol. The summed E-state index contributed by atoms with van der Waals surface area (Å²) in [6.45, 7) is 3.10. The summed E-state index contributed by atoms with van der Waals surface area (Å²) in [5.41, 5.74) is 1.15. The average Bonchev–Trinajstić information content (AvgIpc) is 2.90. The van der Waals surface area contributed by atoms with Gasteiger partial charge >= 0.3 is 0 Å². The van der Waals surface area contributed by atoms with Crippen molar-refractivity contribution in [3.8, 4) is 5.75 Å². The molecule has 0 saturated heterocycles. The standard InChI is InChI=1S/C16H19Br2NO2/c1-3-8-19-13(15-6-7-16(18)21-15)10-11-9-12(17)4-5-14(11)20-2/h4-7,9,13,19H,3,8,10H2,1-2H3. The van der Waals surface area contributed by atoms with E-state index < -0.39 is 0 Å². The number of furan rings is 1. The summed E-state index contributed by atoms with van der Waals surface area (Å²) in [4.78, 5) is 0. The Bertz CT molecular complexity index is 583. The molecule has 1 N–H and O–H groups in total. The molecule has 1 unspecified atom stereocenters. The molecule has 3 nitrogen and oxygen atoms in total. The fraction of sp³-hybridized carbons (Fsp3) is 0.375. The van der Waals surface area contributed by atoms with Crippen LogP contribution in [0.1, 0.15) is 30.7 Å². The van der Waals surface area contributed by atoms with E-state index in [1.807, 2.05) is 24.3 Å². The number of methoxy groups -OCH3 is 1. The quantitative estimate of drug-likeness (QED) is 0.681. The Morgan fingerprint density at radius 2 is 2.05 bits per heavy atom. The minimum absolute atomic E-state index is 0.124. The van der Waals surface area contributed by atoms with Gasteiger partial charge in [-0.3, -0.25) is 0 Å². The van der Waals surface area contributed by atoms with Crippen molar-refractivity contribution >= 4 is 31.9 Å². The fourth-order valence-corrected chi connectivity index (χ4v) is 2.96. The highest BCUT2D eigenvalue weighted by Crippen LogP contribution is 2.29. The zero-order valence-electron chi connectivity index (χ0n) is 12.2. The zero-order valence-corrected chi connectivity index (χ0v) is 15.3. The fourth-order valence-electron chi connectivity index (χ4n) is 2.23. The second-order valence-corrected chi connectivity index (χ2v) is 6.51. The lowest BCUT2D eigenvalue weighted by atomic mass is 10.0. The normalized spacial score (nSPS) is 12.4. The molecule has 2 rings (SSSR count). The summed E-state index contributed by atoms with van der Waals surface area (Å²) in [7, 11) is 1.70. The van der Waals surface area contributed by atoms with Crippen molar-refractivity contribution in [2.45, 2.75) is 25.8 Å². The first-order valence-electron chi connectivity index (χ1n) is 6.95. The number of halogens is 2. The molecule has 0 spiro atoms. The highest BCUT2D eigenvalue weighted by molar-refractivity contribution is 9.10. The SMILES string of the molecule is CCCNC(Cc1cc(Br)ccc1OC)c1ccc(Br)o1. The molecule has 5 heteroatoms. The van der Waals surface area contributed by atoms with E-state index in [0.717, 1.165) is 45.6 Å². The third kappa shape index (κ3) is 4.59. The Balaban J connectivity index is 2.24. The smallest absolute Gasteiger partial charge is 0.169 e. The number of ether oxygens (including phenoxy) is 1. The van der Waals surface area contributed by atoms with Gasteiger partial charge in [0.25, 0.3) is 0 Å². The lowest BCUT2D eigenvalue weighted by Gasteiger charge is -2.18. The molecule has 2 aromatic rings. The van der Waals surface area contributed by atoms with Crippen molar-refractivity contribution in [2.24, 2.45) is 0 Å². The van der Waals surface area contributed by atoms with E-state index in [-0.39, 0.29) is 6.04 Å². The molecule has 21 heavy (non-hydrogen) atoms. The van der Waals surface area contributed by atoms with E-state index in [0.29, 0.717) is 0 Å². The molecule has 0 aliphatic carbocycles. The summed E-state index contributed by atoms with van der Waals surface area (Å²) in [6, 6.07) is 10.1. The molecule has 0 fully saturated rings. The van der Waals surface area contributed by atoms with Crippen molar-refractivity contribution in [3.05, 3.63) is 50.8 Å². The maximum atomic E-state index is 5.72. The first-order chi connectivity index (χ1) is 10.1. The van der Waals surface area contributed by atoms with Crippen LogP contribution in [0.5, 0.6) is 5.75 Å². The molecule has 1 aromatic carbocycles. The molecular weight excluding hydrogens is 398 g/mol. The van der Waals surface area contributed by atoms with Crippen LogP contribution in [0.2, 0.25) is 0 Å². The van der Waals surface area contributed by atoms with Gasteiger partial charge in [-0.25, -0.2) is 0 Å². The molecular formula is C16H19Br2NO2. The van der Waals surface area contributed by atoms with Gasteiger partial charge in [-0.2, -0.15) is 0 Å². The Morgan fingerprint density at radius 1 is 1.24 bits per heavy atom. The summed E-state index contributed by atoms with van der Waals surface area (Å²) in [5.74, 6) is 1.82. The van der Waals surface area contributed by atoms with Gasteiger partial charge in [0.2, 0.25) is 0 Å². The Morgan fingerprint density at radius 3 is 2.67 bits per heavy atom. The van der Waals surface area contributed by atoms with Gasteiger partial charge < -0.3 is 14.5 Å². The van der Waals surface area contributed by atoms with Crippen molar-refractivity contribution in [2.75, 3.05) is 13.7 Å². The molecule has 0 aliphatic heterocycles. The van der Waals surface area contributed by atoms with E-state index in [9.17, 15) is 0 Å². The van der Waals surface area contributed by atoms with Gasteiger partial charge in [0.05, 0.1) is 13.2 Å². The third-order valence-corrected chi connectivity index (χ3v) is 4.16. The van der Waals surface area contributed by atoms with Crippen molar-refractivity contribution in [1.82, 2.24) is 5.32 Å². The van der Waals surface area contributed by atoms with Crippen LogP contribution in [0.25, 0.3) is 0 Å². The Labute approximate surface area is 142 Å². The number of nitrogens with one attached hydrogen (secondary N) is 1. The molecule has 1 atom stereocenters. The maximum Gasteiger partial charge on any atom is 0.169 e. The lowest BCUT2D eigenvalue weighted by molar-refractivity contribution is 0.384. The molecule has 1 heterocycles. The van der Waals surface area contributed by atoms with Crippen molar-refractivity contribution in [3.63, 3.8) is 0 Å². The highest BCUT2D eigenvalue weighted by atomic mass is 79.9. The monoisotopic (exact) mass is 415 g/mol.